The van der Waals surface area contributed by atoms with E-state index in [0.29, 0.717) is 0 Å². The van der Waals surface area contributed by atoms with Gasteiger partial charge in [0.05, 0.1) is 24.0 Å². The summed E-state index contributed by atoms with van der Waals surface area (Å²) < 4.78 is 22.5. The van der Waals surface area contributed by atoms with Crippen molar-refractivity contribution >= 4 is 27.6 Å². The molecule has 102 valence electrons. The molecule has 18 heavy (non-hydrogen) atoms. The summed E-state index contributed by atoms with van der Waals surface area (Å²) in [6, 6.07) is 0. The number of nitrogens with two attached hydrogens (primary N) is 1. The van der Waals surface area contributed by atoms with Crippen molar-refractivity contribution in [1.82, 2.24) is 4.90 Å². The number of rotatable bonds is 5. The van der Waals surface area contributed by atoms with Crippen molar-refractivity contribution in [2.24, 2.45) is 11.7 Å². The van der Waals surface area contributed by atoms with Gasteiger partial charge in [0.1, 0.15) is 6.54 Å². The van der Waals surface area contributed by atoms with Crippen LogP contribution >= 0.6 is 0 Å². The zero-order chi connectivity index (χ0) is 13.9. The number of nitrogens with zero attached hydrogens (tertiary/aromatic N) is 1. The Kier molecular flexibility index (Phi) is 4.28. The first-order valence-electron chi connectivity index (χ1n) is 5.20. The molecule has 0 radical (unpaired) electrons. The Bertz CT molecular complexity index is 455. The molecule has 1 rings (SSSR count). The van der Waals surface area contributed by atoms with Gasteiger partial charge in [-0.05, 0) is 6.42 Å². The molecule has 1 unspecified atom stereocenters. The number of primary amides is 1. The first kappa shape index (κ1) is 14.4. The molecule has 1 fully saturated rings. The molecule has 0 aromatic heterocycles. The van der Waals surface area contributed by atoms with Gasteiger partial charge < -0.3 is 15.7 Å². The van der Waals surface area contributed by atoms with E-state index in [4.69, 9.17) is 10.8 Å². The maximum absolute atomic E-state index is 11.9. The van der Waals surface area contributed by atoms with Crippen LogP contribution in [0.15, 0.2) is 0 Å². The van der Waals surface area contributed by atoms with Crippen molar-refractivity contribution < 1.29 is 27.9 Å². The highest BCUT2D eigenvalue weighted by Crippen LogP contribution is 2.20. The van der Waals surface area contributed by atoms with Crippen LogP contribution in [-0.2, 0) is 24.2 Å². The Balaban J connectivity index is 2.76. The number of carbonyl (C=O) groups is 3. The van der Waals surface area contributed by atoms with Crippen LogP contribution in [0.4, 0.5) is 0 Å². The van der Waals surface area contributed by atoms with Gasteiger partial charge in [-0.15, -0.1) is 0 Å². The van der Waals surface area contributed by atoms with Gasteiger partial charge in [0, 0.05) is 0 Å². The van der Waals surface area contributed by atoms with E-state index >= 15 is 0 Å². The minimum atomic E-state index is -3.24. The van der Waals surface area contributed by atoms with Gasteiger partial charge in [-0.25, -0.2) is 8.42 Å². The second-order valence-electron chi connectivity index (χ2n) is 4.15. The van der Waals surface area contributed by atoms with E-state index in [9.17, 15) is 22.8 Å². The van der Waals surface area contributed by atoms with Gasteiger partial charge in [-0.2, -0.15) is 0 Å². The Morgan fingerprint density at radius 3 is 2.28 bits per heavy atom. The van der Waals surface area contributed by atoms with E-state index in [0.717, 1.165) is 4.90 Å². The highest BCUT2D eigenvalue weighted by molar-refractivity contribution is 7.91. The third-order valence-electron chi connectivity index (χ3n) is 2.57. The molecule has 1 atom stereocenters. The Hall–Kier alpha value is -1.64. The van der Waals surface area contributed by atoms with Crippen LogP contribution in [0.25, 0.3) is 0 Å². The molecule has 0 saturated carbocycles. The van der Waals surface area contributed by atoms with Crippen LogP contribution in [-0.4, -0.2) is 60.8 Å². The minimum Gasteiger partial charge on any atom is -0.480 e. The van der Waals surface area contributed by atoms with E-state index in [-0.39, 0.29) is 17.9 Å². The molecule has 1 heterocycles. The van der Waals surface area contributed by atoms with Crippen LogP contribution < -0.4 is 5.73 Å². The van der Waals surface area contributed by atoms with Gasteiger partial charge in [0.15, 0.2) is 9.84 Å². The van der Waals surface area contributed by atoms with E-state index in [2.05, 4.69) is 0 Å². The number of carbonyl (C=O) groups excluding carboxylic acids is 2. The molecule has 1 aliphatic rings. The molecule has 0 aromatic rings. The summed E-state index contributed by atoms with van der Waals surface area (Å²) in [4.78, 5) is 34.0. The molecular formula is C9H14N2O6S. The summed E-state index contributed by atoms with van der Waals surface area (Å²) in [5.74, 6) is -3.97. The second kappa shape index (κ2) is 5.34. The summed E-state index contributed by atoms with van der Waals surface area (Å²) in [5.41, 5.74) is 4.91. The third kappa shape index (κ3) is 3.99. The number of hydrogen-bond acceptors (Lipinski definition) is 5. The maximum Gasteiger partial charge on any atom is 0.323 e. The Morgan fingerprint density at radius 1 is 1.28 bits per heavy atom. The predicted molar refractivity (Wildman–Crippen MR) is 60.2 cm³/mol. The summed E-state index contributed by atoms with van der Waals surface area (Å²) in [5, 5.41) is 8.63. The molecule has 9 heteroatoms. The minimum absolute atomic E-state index is 0.0963. The van der Waals surface area contributed by atoms with Gasteiger partial charge in [-0.1, -0.05) is 0 Å². The normalized spacial score (nSPS) is 21.4. The molecule has 1 saturated heterocycles. The van der Waals surface area contributed by atoms with E-state index in [1.54, 1.807) is 0 Å². The van der Waals surface area contributed by atoms with Crippen LogP contribution in [0.2, 0.25) is 0 Å². The van der Waals surface area contributed by atoms with E-state index in [1.165, 1.54) is 0 Å². The molecule has 2 amide bonds. The lowest BCUT2D eigenvalue weighted by atomic mass is 10.1. The van der Waals surface area contributed by atoms with Crippen LogP contribution in [0.3, 0.4) is 0 Å². The van der Waals surface area contributed by atoms with Crippen LogP contribution in [0.5, 0.6) is 0 Å². The molecule has 0 bridgehead atoms. The van der Waals surface area contributed by atoms with Gasteiger partial charge in [0.2, 0.25) is 11.8 Å². The van der Waals surface area contributed by atoms with Crippen molar-refractivity contribution in [3.05, 3.63) is 0 Å². The number of carboxylic acids is 1. The number of amides is 2. The highest BCUT2D eigenvalue weighted by Gasteiger charge is 2.36. The lowest BCUT2D eigenvalue weighted by Gasteiger charge is -2.21. The third-order valence-corrected chi connectivity index (χ3v) is 4.33. The largest absolute Gasteiger partial charge is 0.480 e. The zero-order valence-corrected chi connectivity index (χ0v) is 10.4. The Labute approximate surface area is 104 Å². The summed E-state index contributed by atoms with van der Waals surface area (Å²) in [6.45, 7) is -1.19. The number of carboxylic acid groups (broad SMARTS) is 1. The Morgan fingerprint density at radius 2 is 1.89 bits per heavy atom. The topological polar surface area (TPSA) is 135 Å². The standard InChI is InChI=1S/C9H14N2O6S/c10-7(12)3-11(4-8(13)14)9(15)6-1-2-18(16,17)5-6/h6H,1-5H2,(H2,10,12)(H,13,14). The first-order valence-corrected chi connectivity index (χ1v) is 7.03. The fourth-order valence-corrected chi connectivity index (χ4v) is 3.54. The fraction of sp³-hybridized carbons (Fsp3) is 0.667. The van der Waals surface area contributed by atoms with Crippen molar-refractivity contribution in [3.8, 4) is 0 Å². The summed E-state index contributed by atoms with van der Waals surface area (Å²) in [6.07, 6.45) is 0.149. The van der Waals surface area contributed by atoms with Gasteiger partial charge >= 0.3 is 5.97 Å². The molecule has 0 spiro atoms. The highest BCUT2D eigenvalue weighted by atomic mass is 32.2. The van der Waals surface area contributed by atoms with Crippen LogP contribution in [0.1, 0.15) is 6.42 Å². The molecule has 0 aromatic carbocycles. The predicted octanol–water partition coefficient (Wildman–Crippen LogP) is -2.18. The molecular weight excluding hydrogens is 264 g/mol. The number of hydrogen-bond donors (Lipinski definition) is 2. The van der Waals surface area contributed by atoms with Crippen molar-refractivity contribution in [2.45, 2.75) is 6.42 Å². The van der Waals surface area contributed by atoms with Crippen LogP contribution in [0, 0.1) is 5.92 Å². The van der Waals surface area contributed by atoms with Crippen molar-refractivity contribution in [3.63, 3.8) is 0 Å². The lowest BCUT2D eigenvalue weighted by Crippen LogP contribution is -2.44. The lowest BCUT2D eigenvalue weighted by molar-refractivity contribution is -0.147. The smallest absolute Gasteiger partial charge is 0.323 e. The average molecular weight is 278 g/mol. The van der Waals surface area contributed by atoms with Gasteiger partial charge in [-0.3, -0.25) is 14.4 Å². The molecule has 1 aliphatic heterocycles. The summed E-state index contributed by atoms with van der Waals surface area (Å²) in [7, 11) is -3.24. The summed E-state index contributed by atoms with van der Waals surface area (Å²) >= 11 is 0. The molecule has 0 aliphatic carbocycles. The maximum atomic E-state index is 11.9. The number of aliphatic carboxylic acids is 1. The zero-order valence-electron chi connectivity index (χ0n) is 9.53. The van der Waals surface area contributed by atoms with Crippen molar-refractivity contribution in [2.75, 3.05) is 24.6 Å². The van der Waals surface area contributed by atoms with Gasteiger partial charge in [0.25, 0.3) is 0 Å². The molecule has 3 N–H and O–H groups in total. The van der Waals surface area contributed by atoms with E-state index < -0.39 is 46.6 Å². The average Bonchev–Trinajstić information content (AvgIpc) is 2.55. The van der Waals surface area contributed by atoms with Crippen molar-refractivity contribution in [1.29, 1.82) is 0 Å². The SMILES string of the molecule is NC(=O)CN(CC(=O)O)C(=O)C1CCS(=O)(=O)C1. The quantitative estimate of drug-likeness (QED) is 0.587. The molecule has 8 nitrogen and oxygen atoms in total. The van der Waals surface area contributed by atoms with E-state index in [1.807, 2.05) is 0 Å². The number of sulfone groups is 1. The second-order valence-corrected chi connectivity index (χ2v) is 6.38. The fourth-order valence-electron chi connectivity index (χ4n) is 1.81. The first-order chi connectivity index (χ1) is 8.21. The monoisotopic (exact) mass is 278 g/mol.